The van der Waals surface area contributed by atoms with Crippen molar-refractivity contribution in [3.05, 3.63) is 23.8 Å². The van der Waals surface area contributed by atoms with Gasteiger partial charge >= 0.3 is 0 Å². The highest BCUT2D eigenvalue weighted by molar-refractivity contribution is 5.44. The molecule has 2 aliphatic rings. The zero-order valence-electron chi connectivity index (χ0n) is 11.8. The van der Waals surface area contributed by atoms with Gasteiger partial charge in [-0.05, 0) is 49.9 Å². The first-order valence-corrected chi connectivity index (χ1v) is 7.39. The first-order valence-electron chi connectivity index (χ1n) is 7.39. The highest BCUT2D eigenvalue weighted by Crippen LogP contribution is 2.44. The van der Waals surface area contributed by atoms with E-state index in [2.05, 4.69) is 24.4 Å². The van der Waals surface area contributed by atoms with Crippen molar-refractivity contribution in [2.45, 2.75) is 44.8 Å². The number of methoxy groups -OCH3 is 1. The van der Waals surface area contributed by atoms with E-state index in [4.69, 9.17) is 9.47 Å². The second kappa shape index (κ2) is 5.41. The lowest BCUT2D eigenvalue weighted by molar-refractivity contribution is 0.129. The Labute approximate surface area is 115 Å². The average molecular weight is 261 g/mol. The molecule has 1 aromatic carbocycles. The Hall–Kier alpha value is -1.22. The van der Waals surface area contributed by atoms with E-state index in [1.54, 1.807) is 7.11 Å². The second-order valence-electron chi connectivity index (χ2n) is 5.64. The Morgan fingerprint density at radius 2 is 2.21 bits per heavy atom. The van der Waals surface area contributed by atoms with E-state index in [9.17, 15) is 0 Å². The monoisotopic (exact) mass is 261 g/mol. The molecule has 0 amide bonds. The molecule has 1 aliphatic heterocycles. The predicted octanol–water partition coefficient (Wildman–Crippen LogP) is 3.30. The third-order valence-electron chi connectivity index (χ3n) is 4.13. The molecule has 3 heteroatoms. The van der Waals surface area contributed by atoms with Crippen LogP contribution in [0.1, 0.15) is 44.2 Å². The second-order valence-corrected chi connectivity index (χ2v) is 5.64. The van der Waals surface area contributed by atoms with Crippen LogP contribution in [0.15, 0.2) is 18.2 Å². The van der Waals surface area contributed by atoms with Crippen LogP contribution in [0.4, 0.5) is 0 Å². The van der Waals surface area contributed by atoms with Crippen LogP contribution in [0, 0.1) is 5.92 Å². The van der Waals surface area contributed by atoms with Crippen molar-refractivity contribution in [2.24, 2.45) is 5.92 Å². The Kier molecular flexibility index (Phi) is 3.65. The standard InChI is InChI=1S/C16H23NO2/c1-3-8-17-14-10-16(11-4-5-11)19-15-7-6-12(18-2)9-13(14)15/h6-7,9,11,14,16-17H,3-5,8,10H2,1-2H3. The van der Waals surface area contributed by atoms with E-state index in [0.717, 1.165) is 36.8 Å². The Bertz CT molecular complexity index is 442. The van der Waals surface area contributed by atoms with Gasteiger partial charge in [-0.2, -0.15) is 0 Å². The fourth-order valence-electron chi connectivity index (χ4n) is 2.87. The van der Waals surface area contributed by atoms with Gasteiger partial charge in [0.1, 0.15) is 17.6 Å². The quantitative estimate of drug-likeness (QED) is 0.882. The molecule has 1 heterocycles. The molecule has 2 unspecified atom stereocenters. The van der Waals surface area contributed by atoms with Crippen molar-refractivity contribution in [1.29, 1.82) is 0 Å². The zero-order valence-corrected chi connectivity index (χ0v) is 11.8. The molecular weight excluding hydrogens is 238 g/mol. The molecule has 3 rings (SSSR count). The average Bonchev–Trinajstić information content (AvgIpc) is 3.28. The van der Waals surface area contributed by atoms with Gasteiger partial charge in [0.15, 0.2) is 0 Å². The molecule has 1 N–H and O–H groups in total. The van der Waals surface area contributed by atoms with Crippen LogP contribution in [-0.2, 0) is 0 Å². The van der Waals surface area contributed by atoms with E-state index in [1.165, 1.54) is 18.4 Å². The third-order valence-corrected chi connectivity index (χ3v) is 4.13. The van der Waals surface area contributed by atoms with Gasteiger partial charge in [0.2, 0.25) is 0 Å². The Morgan fingerprint density at radius 1 is 1.37 bits per heavy atom. The molecule has 1 saturated carbocycles. The highest BCUT2D eigenvalue weighted by atomic mass is 16.5. The van der Waals surface area contributed by atoms with Crippen molar-refractivity contribution in [1.82, 2.24) is 5.32 Å². The predicted molar refractivity (Wildman–Crippen MR) is 75.8 cm³/mol. The molecule has 0 saturated heterocycles. The number of nitrogens with one attached hydrogen (secondary N) is 1. The summed E-state index contributed by atoms with van der Waals surface area (Å²) < 4.78 is 11.5. The smallest absolute Gasteiger partial charge is 0.124 e. The summed E-state index contributed by atoms with van der Waals surface area (Å²) in [5.41, 5.74) is 1.25. The minimum Gasteiger partial charge on any atom is -0.497 e. The fourth-order valence-corrected chi connectivity index (χ4v) is 2.87. The summed E-state index contributed by atoms with van der Waals surface area (Å²) in [7, 11) is 1.72. The molecule has 19 heavy (non-hydrogen) atoms. The van der Waals surface area contributed by atoms with Crippen LogP contribution in [0.2, 0.25) is 0 Å². The maximum Gasteiger partial charge on any atom is 0.124 e. The van der Waals surface area contributed by atoms with Crippen LogP contribution in [0.3, 0.4) is 0 Å². The molecule has 1 aromatic rings. The van der Waals surface area contributed by atoms with E-state index in [-0.39, 0.29) is 0 Å². The SMILES string of the molecule is CCCNC1CC(C2CC2)Oc2ccc(OC)cc21. The third kappa shape index (κ3) is 2.71. The summed E-state index contributed by atoms with van der Waals surface area (Å²) in [5, 5.41) is 3.66. The van der Waals surface area contributed by atoms with E-state index < -0.39 is 0 Å². The van der Waals surface area contributed by atoms with E-state index >= 15 is 0 Å². The van der Waals surface area contributed by atoms with E-state index in [1.807, 2.05) is 6.07 Å². The number of ether oxygens (including phenoxy) is 2. The number of fused-ring (bicyclic) bond motifs is 1. The van der Waals surface area contributed by atoms with Crippen molar-refractivity contribution in [3.63, 3.8) is 0 Å². The molecule has 0 bridgehead atoms. The van der Waals surface area contributed by atoms with Gasteiger partial charge in [-0.15, -0.1) is 0 Å². The minimum atomic E-state index is 0.398. The van der Waals surface area contributed by atoms with Crippen molar-refractivity contribution in [2.75, 3.05) is 13.7 Å². The van der Waals surface area contributed by atoms with Gasteiger partial charge in [0.05, 0.1) is 7.11 Å². The van der Waals surface area contributed by atoms with Crippen LogP contribution < -0.4 is 14.8 Å². The lowest BCUT2D eigenvalue weighted by Gasteiger charge is -2.33. The molecule has 104 valence electrons. The van der Waals surface area contributed by atoms with Crippen molar-refractivity contribution in [3.8, 4) is 11.5 Å². The van der Waals surface area contributed by atoms with Gasteiger partial charge in [-0.25, -0.2) is 0 Å². The van der Waals surface area contributed by atoms with Crippen molar-refractivity contribution >= 4 is 0 Å². The maximum absolute atomic E-state index is 6.17. The van der Waals surface area contributed by atoms with Gasteiger partial charge in [-0.1, -0.05) is 6.92 Å². The summed E-state index contributed by atoms with van der Waals surface area (Å²) in [6.07, 6.45) is 5.30. The van der Waals surface area contributed by atoms with E-state index in [0.29, 0.717) is 12.1 Å². The summed E-state index contributed by atoms with van der Waals surface area (Å²) in [6.45, 7) is 3.26. The molecule has 0 aromatic heterocycles. The highest BCUT2D eigenvalue weighted by Gasteiger charge is 2.38. The lowest BCUT2D eigenvalue weighted by Crippen LogP contribution is -2.34. The molecule has 0 radical (unpaired) electrons. The topological polar surface area (TPSA) is 30.5 Å². The first-order chi connectivity index (χ1) is 9.31. The molecule has 2 atom stereocenters. The molecular formula is C16H23NO2. The molecule has 0 spiro atoms. The Morgan fingerprint density at radius 3 is 2.89 bits per heavy atom. The molecule has 1 fully saturated rings. The molecule has 3 nitrogen and oxygen atoms in total. The number of hydrogen-bond acceptors (Lipinski definition) is 3. The summed E-state index contributed by atoms with van der Waals surface area (Å²) in [4.78, 5) is 0. The summed E-state index contributed by atoms with van der Waals surface area (Å²) in [6, 6.07) is 6.57. The van der Waals surface area contributed by atoms with Crippen LogP contribution in [-0.4, -0.2) is 19.8 Å². The van der Waals surface area contributed by atoms with Crippen LogP contribution in [0.25, 0.3) is 0 Å². The van der Waals surface area contributed by atoms with Gasteiger partial charge in [0.25, 0.3) is 0 Å². The Balaban J connectivity index is 1.85. The number of hydrogen-bond donors (Lipinski definition) is 1. The summed E-state index contributed by atoms with van der Waals surface area (Å²) >= 11 is 0. The van der Waals surface area contributed by atoms with Crippen molar-refractivity contribution < 1.29 is 9.47 Å². The fraction of sp³-hybridized carbons (Fsp3) is 0.625. The lowest BCUT2D eigenvalue weighted by atomic mass is 9.94. The first kappa shape index (κ1) is 12.8. The maximum atomic E-state index is 6.17. The molecule has 1 aliphatic carbocycles. The largest absolute Gasteiger partial charge is 0.497 e. The number of benzene rings is 1. The minimum absolute atomic E-state index is 0.398. The normalized spacial score (nSPS) is 25.6. The summed E-state index contributed by atoms with van der Waals surface area (Å²) in [5.74, 6) is 2.73. The van der Waals surface area contributed by atoms with Gasteiger partial charge < -0.3 is 14.8 Å². The van der Waals surface area contributed by atoms with Crippen LogP contribution >= 0.6 is 0 Å². The van der Waals surface area contributed by atoms with Crippen LogP contribution in [0.5, 0.6) is 11.5 Å². The van der Waals surface area contributed by atoms with Gasteiger partial charge in [0, 0.05) is 18.0 Å². The number of rotatable bonds is 5. The zero-order chi connectivity index (χ0) is 13.2. The van der Waals surface area contributed by atoms with Gasteiger partial charge in [-0.3, -0.25) is 0 Å².